The molecule has 0 atom stereocenters. The second kappa shape index (κ2) is 6.18. The summed E-state index contributed by atoms with van der Waals surface area (Å²) < 4.78 is 15.3. The number of furan rings is 1. The SMILES string of the molecule is NC(=O)c1oc2c(sc3cc(OCCCn4cccc4)ccc32)c1N. The summed E-state index contributed by atoms with van der Waals surface area (Å²) in [4.78, 5) is 11.3. The molecule has 0 aliphatic carbocycles. The molecule has 0 spiro atoms. The highest BCUT2D eigenvalue weighted by atomic mass is 32.1. The van der Waals surface area contributed by atoms with Crippen LogP contribution in [0.5, 0.6) is 5.75 Å². The Morgan fingerprint density at radius 1 is 1.28 bits per heavy atom. The van der Waals surface area contributed by atoms with Crippen molar-refractivity contribution >= 4 is 43.3 Å². The number of amides is 1. The van der Waals surface area contributed by atoms with Gasteiger partial charge in [0.25, 0.3) is 5.91 Å². The monoisotopic (exact) mass is 355 g/mol. The summed E-state index contributed by atoms with van der Waals surface area (Å²) in [5, 5.41) is 0.902. The Hall–Kier alpha value is -2.93. The Balaban J connectivity index is 1.52. The van der Waals surface area contributed by atoms with Crippen molar-refractivity contribution in [2.45, 2.75) is 13.0 Å². The molecule has 7 heteroatoms. The standard InChI is InChI=1S/C18H17N3O3S/c19-14-16(18(20)22)24-15-12-5-4-11(10-13(12)25-17(14)15)23-9-3-8-21-6-1-2-7-21/h1-2,4-7,10H,3,8-9,19H2,(H2,20,22). The molecule has 0 fully saturated rings. The summed E-state index contributed by atoms with van der Waals surface area (Å²) in [7, 11) is 0. The summed E-state index contributed by atoms with van der Waals surface area (Å²) in [6.45, 7) is 1.56. The van der Waals surface area contributed by atoms with E-state index in [4.69, 9.17) is 20.6 Å². The molecule has 0 saturated heterocycles. The first-order chi connectivity index (χ1) is 12.1. The van der Waals surface area contributed by atoms with E-state index in [1.54, 1.807) is 0 Å². The number of carbonyl (C=O) groups excluding carboxylic acids is 1. The molecule has 0 unspecified atom stereocenters. The lowest BCUT2D eigenvalue weighted by Crippen LogP contribution is -2.11. The van der Waals surface area contributed by atoms with Gasteiger partial charge in [0.1, 0.15) is 11.4 Å². The Kier molecular flexibility index (Phi) is 3.85. The summed E-state index contributed by atoms with van der Waals surface area (Å²) in [6.07, 6.45) is 5.00. The summed E-state index contributed by atoms with van der Waals surface area (Å²) in [5.74, 6) is 0.169. The zero-order chi connectivity index (χ0) is 17.4. The number of nitrogens with two attached hydrogens (primary N) is 2. The number of ether oxygens (including phenoxy) is 1. The number of thiophene rings is 1. The second-order valence-corrected chi connectivity index (χ2v) is 6.80. The van der Waals surface area contributed by atoms with E-state index in [-0.39, 0.29) is 5.76 Å². The van der Waals surface area contributed by atoms with Crippen molar-refractivity contribution in [1.29, 1.82) is 0 Å². The van der Waals surface area contributed by atoms with E-state index in [1.807, 2.05) is 42.7 Å². The molecule has 0 radical (unpaired) electrons. The number of aromatic nitrogens is 1. The Bertz CT molecular complexity index is 1050. The molecule has 25 heavy (non-hydrogen) atoms. The third-order valence-corrected chi connectivity index (χ3v) is 5.20. The van der Waals surface area contributed by atoms with Crippen molar-refractivity contribution in [2.75, 3.05) is 12.3 Å². The molecular formula is C18H17N3O3S. The molecule has 0 aliphatic rings. The van der Waals surface area contributed by atoms with Crippen molar-refractivity contribution in [3.05, 3.63) is 48.5 Å². The van der Waals surface area contributed by atoms with Crippen LogP contribution in [0.15, 0.2) is 47.1 Å². The number of anilines is 1. The van der Waals surface area contributed by atoms with Crippen LogP contribution >= 0.6 is 11.3 Å². The molecule has 3 heterocycles. The average molecular weight is 355 g/mol. The van der Waals surface area contributed by atoms with E-state index in [2.05, 4.69) is 4.57 Å². The van der Waals surface area contributed by atoms with Crippen LogP contribution in [0.3, 0.4) is 0 Å². The van der Waals surface area contributed by atoms with E-state index in [0.29, 0.717) is 17.9 Å². The first kappa shape index (κ1) is 15.6. The number of hydrogen-bond donors (Lipinski definition) is 2. The summed E-state index contributed by atoms with van der Waals surface area (Å²) in [6, 6.07) is 9.80. The average Bonchev–Trinajstić information content (AvgIpc) is 3.29. The molecule has 3 aromatic heterocycles. The van der Waals surface area contributed by atoms with Gasteiger partial charge in [0.05, 0.1) is 11.3 Å². The fourth-order valence-corrected chi connectivity index (χ4v) is 3.93. The lowest BCUT2D eigenvalue weighted by molar-refractivity contribution is 0.0977. The fraction of sp³-hybridized carbons (Fsp3) is 0.167. The van der Waals surface area contributed by atoms with Crippen LogP contribution in [0.1, 0.15) is 17.0 Å². The van der Waals surface area contributed by atoms with Gasteiger partial charge >= 0.3 is 0 Å². The molecule has 0 bridgehead atoms. The normalized spacial score (nSPS) is 11.4. The predicted molar refractivity (Wildman–Crippen MR) is 99.1 cm³/mol. The van der Waals surface area contributed by atoms with Gasteiger partial charge in [-0.2, -0.15) is 0 Å². The smallest absolute Gasteiger partial charge is 0.286 e. The molecule has 6 nitrogen and oxygen atoms in total. The van der Waals surface area contributed by atoms with Gasteiger partial charge in [-0.05, 0) is 36.8 Å². The first-order valence-electron chi connectivity index (χ1n) is 7.91. The van der Waals surface area contributed by atoms with Crippen LogP contribution in [0.2, 0.25) is 0 Å². The van der Waals surface area contributed by atoms with Gasteiger partial charge in [-0.25, -0.2) is 0 Å². The van der Waals surface area contributed by atoms with E-state index in [9.17, 15) is 4.79 Å². The highest BCUT2D eigenvalue weighted by molar-refractivity contribution is 7.26. The zero-order valence-electron chi connectivity index (χ0n) is 13.4. The second-order valence-electron chi connectivity index (χ2n) is 5.75. The molecule has 0 saturated carbocycles. The summed E-state index contributed by atoms with van der Waals surface area (Å²) in [5.41, 5.74) is 12.2. The van der Waals surface area contributed by atoms with Crippen molar-refractivity contribution in [2.24, 2.45) is 5.73 Å². The van der Waals surface area contributed by atoms with Crippen LogP contribution in [0, 0.1) is 0 Å². The number of aryl methyl sites for hydroxylation is 1. The van der Waals surface area contributed by atoms with Gasteiger partial charge in [0.2, 0.25) is 5.76 Å². The van der Waals surface area contributed by atoms with E-state index in [0.717, 1.165) is 33.5 Å². The fourth-order valence-electron chi connectivity index (χ4n) is 2.82. The number of nitrogens with zero attached hydrogens (tertiary/aromatic N) is 1. The highest BCUT2D eigenvalue weighted by Crippen LogP contribution is 2.41. The van der Waals surface area contributed by atoms with Gasteiger partial charge in [0.15, 0.2) is 5.58 Å². The van der Waals surface area contributed by atoms with Crippen LogP contribution < -0.4 is 16.2 Å². The molecule has 4 rings (SSSR count). The Labute approximate surface area is 147 Å². The minimum absolute atomic E-state index is 0.0217. The third kappa shape index (κ3) is 2.83. The van der Waals surface area contributed by atoms with Crippen LogP contribution in [0.25, 0.3) is 20.4 Å². The number of fused-ring (bicyclic) bond motifs is 3. The van der Waals surface area contributed by atoms with E-state index >= 15 is 0 Å². The van der Waals surface area contributed by atoms with Crippen molar-refractivity contribution in [3.63, 3.8) is 0 Å². The molecule has 4 N–H and O–H groups in total. The minimum atomic E-state index is -0.656. The van der Waals surface area contributed by atoms with Crippen molar-refractivity contribution < 1.29 is 13.9 Å². The number of hydrogen-bond acceptors (Lipinski definition) is 5. The highest BCUT2D eigenvalue weighted by Gasteiger charge is 2.20. The maximum Gasteiger partial charge on any atom is 0.286 e. The van der Waals surface area contributed by atoms with Gasteiger partial charge in [-0.15, -0.1) is 11.3 Å². The summed E-state index contributed by atoms with van der Waals surface area (Å²) >= 11 is 1.47. The third-order valence-electron chi connectivity index (χ3n) is 4.03. The zero-order valence-corrected chi connectivity index (χ0v) is 14.2. The van der Waals surface area contributed by atoms with Crippen molar-refractivity contribution in [1.82, 2.24) is 4.57 Å². The largest absolute Gasteiger partial charge is 0.493 e. The van der Waals surface area contributed by atoms with Gasteiger partial charge < -0.3 is 25.2 Å². The van der Waals surface area contributed by atoms with Gasteiger partial charge in [-0.3, -0.25) is 4.79 Å². The molecule has 0 aliphatic heterocycles. The number of primary amides is 1. The number of nitrogen functional groups attached to an aromatic ring is 1. The van der Waals surface area contributed by atoms with Crippen molar-refractivity contribution in [3.8, 4) is 5.75 Å². The van der Waals surface area contributed by atoms with Crippen LogP contribution in [-0.2, 0) is 6.54 Å². The van der Waals surface area contributed by atoms with Crippen LogP contribution in [0.4, 0.5) is 5.69 Å². The Morgan fingerprint density at radius 3 is 2.84 bits per heavy atom. The number of benzene rings is 1. The topological polar surface area (TPSA) is 96.4 Å². The lowest BCUT2D eigenvalue weighted by Gasteiger charge is -2.07. The molecular weight excluding hydrogens is 338 g/mol. The molecule has 1 aromatic carbocycles. The molecule has 1 amide bonds. The van der Waals surface area contributed by atoms with Gasteiger partial charge in [-0.1, -0.05) is 0 Å². The minimum Gasteiger partial charge on any atom is -0.493 e. The Morgan fingerprint density at radius 2 is 2.08 bits per heavy atom. The number of rotatable bonds is 6. The van der Waals surface area contributed by atoms with Crippen LogP contribution in [-0.4, -0.2) is 17.1 Å². The van der Waals surface area contributed by atoms with Gasteiger partial charge in [0, 0.05) is 29.0 Å². The lowest BCUT2D eigenvalue weighted by atomic mass is 10.2. The maximum absolute atomic E-state index is 11.3. The quantitative estimate of drug-likeness (QED) is 0.517. The first-order valence-corrected chi connectivity index (χ1v) is 8.73. The molecule has 128 valence electrons. The van der Waals surface area contributed by atoms with E-state index < -0.39 is 5.91 Å². The number of carbonyl (C=O) groups is 1. The molecule has 4 aromatic rings. The predicted octanol–water partition coefficient (Wildman–Crippen LogP) is 3.60. The van der Waals surface area contributed by atoms with E-state index in [1.165, 1.54) is 11.3 Å². The maximum atomic E-state index is 11.3.